The van der Waals surface area contributed by atoms with E-state index in [-0.39, 0.29) is 5.69 Å². The fourth-order valence-corrected chi connectivity index (χ4v) is 1.44. The number of nitrogens with one attached hydrogen (secondary N) is 1. The third-order valence-corrected chi connectivity index (χ3v) is 2.18. The zero-order valence-electron chi connectivity index (χ0n) is 10.4. The molecule has 1 N–H and O–H groups in total. The maximum Gasteiger partial charge on any atom is 0.333 e. The lowest BCUT2D eigenvalue weighted by atomic mass is 10.2. The highest BCUT2D eigenvalue weighted by Crippen LogP contribution is 2.34. The Balaban J connectivity index is 3.02. The average Bonchev–Trinajstić information content (AvgIpc) is 2.26. The lowest BCUT2D eigenvalue weighted by Gasteiger charge is -2.11. The Morgan fingerprint density at radius 2 is 2.18 bits per heavy atom. The topological polar surface area (TPSA) is 64.4 Å². The molecule has 0 atom stereocenters. The van der Waals surface area contributed by atoms with E-state index >= 15 is 0 Å². The van der Waals surface area contributed by atoms with Gasteiger partial charge in [-0.2, -0.15) is 0 Å². The third-order valence-electron chi connectivity index (χ3n) is 2.18. The molecule has 0 saturated heterocycles. The quantitative estimate of drug-likeness (QED) is 0.611. The highest BCUT2D eigenvalue weighted by molar-refractivity contribution is 5.68. The van der Waals surface area contributed by atoms with Gasteiger partial charge >= 0.3 is 5.69 Å². The number of nitro benzene ring substituents is 1. The van der Waals surface area contributed by atoms with E-state index in [2.05, 4.69) is 5.32 Å². The molecule has 0 fully saturated rings. The van der Waals surface area contributed by atoms with Gasteiger partial charge in [0, 0.05) is 6.54 Å². The van der Waals surface area contributed by atoms with Crippen LogP contribution in [-0.4, -0.2) is 18.1 Å². The number of para-hydroxylation sites is 1. The number of ether oxygens (including phenoxy) is 1. The number of anilines is 1. The minimum absolute atomic E-state index is 0.00926. The fourth-order valence-electron chi connectivity index (χ4n) is 1.44. The molecule has 0 aliphatic heterocycles. The van der Waals surface area contributed by atoms with Crippen molar-refractivity contribution in [1.82, 2.24) is 0 Å². The first-order chi connectivity index (χ1) is 8.06. The Bertz CT molecular complexity index is 391. The zero-order valence-corrected chi connectivity index (χ0v) is 10.4. The third kappa shape index (κ3) is 3.62. The highest BCUT2D eigenvalue weighted by Gasteiger charge is 2.20. The summed E-state index contributed by atoms with van der Waals surface area (Å²) in [5.41, 5.74) is 0.518. The van der Waals surface area contributed by atoms with Crippen molar-refractivity contribution in [3.63, 3.8) is 0 Å². The van der Waals surface area contributed by atoms with E-state index in [1.807, 2.05) is 13.8 Å². The van der Waals surface area contributed by atoms with E-state index in [0.717, 1.165) is 0 Å². The smallest absolute Gasteiger partial charge is 0.333 e. The summed E-state index contributed by atoms with van der Waals surface area (Å²) < 4.78 is 5.26. The van der Waals surface area contributed by atoms with E-state index in [0.29, 0.717) is 30.5 Å². The van der Waals surface area contributed by atoms with Crippen LogP contribution in [0.25, 0.3) is 0 Å². The zero-order chi connectivity index (χ0) is 12.8. The summed E-state index contributed by atoms with van der Waals surface area (Å²) >= 11 is 0. The molecule has 17 heavy (non-hydrogen) atoms. The van der Waals surface area contributed by atoms with Crippen LogP contribution in [-0.2, 0) is 0 Å². The molecule has 1 rings (SSSR count). The van der Waals surface area contributed by atoms with Crippen molar-refractivity contribution in [2.75, 3.05) is 18.5 Å². The summed E-state index contributed by atoms with van der Waals surface area (Å²) in [6, 6.07) is 5.06. The lowest BCUT2D eigenvalue weighted by molar-refractivity contribution is -0.384. The van der Waals surface area contributed by atoms with Crippen LogP contribution in [0.4, 0.5) is 11.4 Å². The molecule has 0 unspecified atom stereocenters. The van der Waals surface area contributed by atoms with Crippen molar-refractivity contribution in [1.29, 1.82) is 0 Å². The van der Waals surface area contributed by atoms with Crippen molar-refractivity contribution in [2.24, 2.45) is 5.92 Å². The first kappa shape index (κ1) is 13.3. The van der Waals surface area contributed by atoms with Gasteiger partial charge in [-0.3, -0.25) is 10.1 Å². The first-order valence-corrected chi connectivity index (χ1v) is 5.70. The molecular weight excluding hydrogens is 220 g/mol. The molecule has 0 heterocycles. The Kier molecular flexibility index (Phi) is 4.75. The number of hydrogen-bond donors (Lipinski definition) is 1. The van der Waals surface area contributed by atoms with Crippen molar-refractivity contribution < 1.29 is 9.66 Å². The second kappa shape index (κ2) is 6.08. The molecule has 94 valence electrons. The van der Waals surface area contributed by atoms with Gasteiger partial charge in [0.25, 0.3) is 0 Å². The summed E-state index contributed by atoms with van der Waals surface area (Å²) in [5, 5.41) is 14.1. The fraction of sp³-hybridized carbons (Fsp3) is 0.500. The molecule has 5 nitrogen and oxygen atoms in total. The number of benzene rings is 1. The van der Waals surface area contributed by atoms with Gasteiger partial charge in [-0.1, -0.05) is 19.9 Å². The van der Waals surface area contributed by atoms with Crippen LogP contribution in [0.15, 0.2) is 18.2 Å². The predicted molar refractivity (Wildman–Crippen MR) is 67.6 cm³/mol. The first-order valence-electron chi connectivity index (χ1n) is 5.70. The molecule has 0 aliphatic carbocycles. The van der Waals surface area contributed by atoms with E-state index < -0.39 is 4.92 Å². The Hall–Kier alpha value is -1.78. The Morgan fingerprint density at radius 1 is 1.47 bits per heavy atom. The van der Waals surface area contributed by atoms with Crippen molar-refractivity contribution in [3.8, 4) is 5.75 Å². The largest absolute Gasteiger partial charge is 0.487 e. The molecule has 0 amide bonds. The van der Waals surface area contributed by atoms with Gasteiger partial charge in [0.05, 0.1) is 11.5 Å². The van der Waals surface area contributed by atoms with Gasteiger partial charge in [-0.05, 0) is 25.0 Å². The van der Waals surface area contributed by atoms with Gasteiger partial charge in [-0.25, -0.2) is 0 Å². The summed E-state index contributed by atoms with van der Waals surface area (Å²) in [7, 11) is 0. The maximum atomic E-state index is 11.0. The summed E-state index contributed by atoms with van der Waals surface area (Å²) in [4.78, 5) is 10.6. The van der Waals surface area contributed by atoms with Gasteiger partial charge < -0.3 is 10.1 Å². The summed E-state index contributed by atoms with van der Waals surface area (Å²) in [5.74, 6) is 0.733. The number of rotatable bonds is 6. The second-order valence-corrected chi connectivity index (χ2v) is 4.12. The van der Waals surface area contributed by atoms with Crippen LogP contribution < -0.4 is 10.1 Å². The van der Waals surface area contributed by atoms with Crippen molar-refractivity contribution in [3.05, 3.63) is 28.3 Å². The van der Waals surface area contributed by atoms with Crippen LogP contribution in [0.3, 0.4) is 0 Å². The summed E-state index contributed by atoms with van der Waals surface area (Å²) in [6.07, 6.45) is 0. The van der Waals surface area contributed by atoms with E-state index in [1.54, 1.807) is 25.1 Å². The number of nitrogens with zero attached hydrogens (tertiary/aromatic N) is 1. The number of hydrogen-bond acceptors (Lipinski definition) is 4. The lowest BCUT2D eigenvalue weighted by Crippen LogP contribution is -2.10. The minimum atomic E-state index is -0.409. The summed E-state index contributed by atoms with van der Waals surface area (Å²) in [6.45, 7) is 7.00. The van der Waals surface area contributed by atoms with E-state index in [4.69, 9.17) is 4.74 Å². The van der Waals surface area contributed by atoms with Crippen LogP contribution in [0, 0.1) is 16.0 Å². The number of nitro groups is 1. The molecule has 0 aromatic heterocycles. The average molecular weight is 238 g/mol. The standard InChI is InChI=1S/C12H18N2O3/c1-4-17-11-7-5-6-10(12(11)14(15)16)13-8-9(2)3/h5-7,9,13H,4,8H2,1-3H3. The molecule has 0 saturated carbocycles. The molecule has 0 aliphatic rings. The van der Waals surface area contributed by atoms with Crippen LogP contribution in [0.2, 0.25) is 0 Å². The van der Waals surface area contributed by atoms with E-state index in [1.165, 1.54) is 0 Å². The molecule has 1 aromatic rings. The SMILES string of the molecule is CCOc1cccc(NCC(C)C)c1[N+](=O)[O-]. The maximum absolute atomic E-state index is 11.0. The van der Waals surface area contributed by atoms with Gasteiger partial charge in [-0.15, -0.1) is 0 Å². The van der Waals surface area contributed by atoms with Gasteiger partial charge in [0.1, 0.15) is 5.69 Å². The molecule has 0 spiro atoms. The van der Waals surface area contributed by atoms with Crippen LogP contribution >= 0.6 is 0 Å². The molecule has 0 bridgehead atoms. The minimum Gasteiger partial charge on any atom is -0.487 e. The predicted octanol–water partition coefficient (Wildman–Crippen LogP) is 3.06. The van der Waals surface area contributed by atoms with Crippen molar-refractivity contribution >= 4 is 11.4 Å². The molecular formula is C12H18N2O3. The van der Waals surface area contributed by atoms with Crippen LogP contribution in [0.5, 0.6) is 5.75 Å². The molecule has 0 radical (unpaired) electrons. The molecule has 1 aromatic carbocycles. The van der Waals surface area contributed by atoms with Gasteiger partial charge in [0.2, 0.25) is 0 Å². The Labute approximate surface area is 101 Å². The van der Waals surface area contributed by atoms with Crippen molar-refractivity contribution in [2.45, 2.75) is 20.8 Å². The monoisotopic (exact) mass is 238 g/mol. The molecule has 5 heteroatoms. The Morgan fingerprint density at radius 3 is 2.71 bits per heavy atom. The highest BCUT2D eigenvalue weighted by atomic mass is 16.6. The normalized spacial score (nSPS) is 10.4. The van der Waals surface area contributed by atoms with Gasteiger partial charge in [0.15, 0.2) is 5.75 Å². The second-order valence-electron chi connectivity index (χ2n) is 4.12. The van der Waals surface area contributed by atoms with Crippen LogP contribution in [0.1, 0.15) is 20.8 Å². The van der Waals surface area contributed by atoms with E-state index in [9.17, 15) is 10.1 Å².